The van der Waals surface area contributed by atoms with Crippen LogP contribution in [-0.2, 0) is 11.2 Å². The minimum atomic E-state index is -0.820. The fourth-order valence-corrected chi connectivity index (χ4v) is 1.39. The molecule has 0 bridgehead atoms. The van der Waals surface area contributed by atoms with Gasteiger partial charge in [0.2, 0.25) is 5.78 Å². The summed E-state index contributed by atoms with van der Waals surface area (Å²) in [5, 5.41) is 15.3. The first kappa shape index (κ1) is 8.74. The molecular weight excluding hydrogens is 184 g/mol. The van der Waals surface area contributed by atoms with Crippen LogP contribution < -0.4 is 0 Å². The summed E-state index contributed by atoms with van der Waals surface area (Å²) >= 11 is 0. The molecule has 0 aliphatic carbocycles. The molecule has 0 aliphatic rings. The molecule has 0 spiro atoms. The second kappa shape index (κ2) is 3.13. The number of carboxylic acids is 1. The lowest BCUT2D eigenvalue weighted by atomic mass is 10.3. The van der Waals surface area contributed by atoms with Crippen molar-refractivity contribution in [3.63, 3.8) is 0 Å². The van der Waals surface area contributed by atoms with Crippen molar-refractivity contribution < 1.29 is 9.90 Å². The molecule has 2 N–H and O–H groups in total. The predicted molar refractivity (Wildman–Crippen MR) is 48.0 cm³/mol. The van der Waals surface area contributed by atoms with Crippen molar-refractivity contribution in [3.05, 3.63) is 17.7 Å². The number of aromatic amines is 1. The van der Waals surface area contributed by atoms with Crippen LogP contribution in [0.2, 0.25) is 0 Å². The maximum absolute atomic E-state index is 10.4. The predicted octanol–water partition coefficient (Wildman–Crippen LogP) is 0.383. The Balaban J connectivity index is 2.32. The highest BCUT2D eigenvalue weighted by Crippen LogP contribution is 2.07. The SMILES string of the molecule is Cc1cnc2[nH]nc(CCC(=O)O)n12. The number of imidazole rings is 1. The molecule has 0 unspecified atom stereocenters. The van der Waals surface area contributed by atoms with Gasteiger partial charge in [0, 0.05) is 12.1 Å². The van der Waals surface area contributed by atoms with Gasteiger partial charge in [-0.3, -0.25) is 9.20 Å². The molecule has 0 saturated carbocycles. The maximum Gasteiger partial charge on any atom is 0.303 e. The summed E-state index contributed by atoms with van der Waals surface area (Å²) in [5.41, 5.74) is 0.953. The van der Waals surface area contributed by atoms with E-state index in [1.54, 1.807) is 6.20 Å². The fraction of sp³-hybridized carbons (Fsp3) is 0.375. The van der Waals surface area contributed by atoms with Crippen LogP contribution in [0.1, 0.15) is 17.9 Å². The first-order chi connectivity index (χ1) is 6.68. The van der Waals surface area contributed by atoms with Gasteiger partial charge >= 0.3 is 5.97 Å². The van der Waals surface area contributed by atoms with E-state index in [4.69, 9.17) is 5.11 Å². The highest BCUT2D eigenvalue weighted by atomic mass is 16.4. The van der Waals surface area contributed by atoms with Gasteiger partial charge in [-0.1, -0.05) is 0 Å². The summed E-state index contributed by atoms with van der Waals surface area (Å²) < 4.78 is 1.82. The third-order valence-corrected chi connectivity index (χ3v) is 2.04. The molecule has 0 fully saturated rings. The van der Waals surface area contributed by atoms with Gasteiger partial charge in [0.25, 0.3) is 0 Å². The number of nitrogens with one attached hydrogen (secondary N) is 1. The number of aliphatic carboxylic acids is 1. The molecule has 2 aromatic heterocycles. The molecule has 0 aromatic carbocycles. The number of carbonyl (C=O) groups is 1. The lowest BCUT2D eigenvalue weighted by Crippen LogP contribution is -2.01. The summed E-state index contributed by atoms with van der Waals surface area (Å²) in [4.78, 5) is 14.5. The molecule has 2 rings (SSSR count). The van der Waals surface area contributed by atoms with Gasteiger partial charge in [0.15, 0.2) is 0 Å². The van der Waals surface area contributed by atoms with Crippen molar-refractivity contribution >= 4 is 11.7 Å². The minimum absolute atomic E-state index is 0.0809. The average Bonchev–Trinajstić information content (AvgIpc) is 2.66. The summed E-state index contributed by atoms with van der Waals surface area (Å²) in [6, 6.07) is 0. The zero-order chi connectivity index (χ0) is 10.1. The zero-order valence-corrected chi connectivity index (χ0v) is 7.69. The van der Waals surface area contributed by atoms with E-state index in [1.807, 2.05) is 11.3 Å². The minimum Gasteiger partial charge on any atom is -0.481 e. The molecular formula is C8H10N4O2. The number of fused-ring (bicyclic) bond motifs is 1. The summed E-state index contributed by atoms with van der Waals surface area (Å²) in [5.74, 6) is 0.541. The standard InChI is InChI=1S/C8H10N4O2/c1-5-4-9-8-11-10-6(12(5)8)2-3-7(13)14/h4H,2-3H2,1H3,(H,9,11)(H,13,14). The molecule has 2 aromatic rings. The van der Waals surface area contributed by atoms with E-state index in [-0.39, 0.29) is 6.42 Å². The van der Waals surface area contributed by atoms with Crippen molar-refractivity contribution in [1.82, 2.24) is 19.6 Å². The van der Waals surface area contributed by atoms with E-state index >= 15 is 0 Å². The van der Waals surface area contributed by atoms with Crippen LogP contribution in [0.25, 0.3) is 5.78 Å². The molecule has 14 heavy (non-hydrogen) atoms. The summed E-state index contributed by atoms with van der Waals surface area (Å²) in [6.07, 6.45) is 2.21. The highest BCUT2D eigenvalue weighted by molar-refractivity contribution is 5.66. The highest BCUT2D eigenvalue weighted by Gasteiger charge is 2.09. The van der Waals surface area contributed by atoms with Gasteiger partial charge in [-0.05, 0) is 6.92 Å². The Kier molecular flexibility index (Phi) is 1.95. The molecule has 0 radical (unpaired) electrons. The second-order valence-corrected chi connectivity index (χ2v) is 3.09. The van der Waals surface area contributed by atoms with Crippen LogP contribution in [0.15, 0.2) is 6.20 Å². The number of rotatable bonds is 3. The van der Waals surface area contributed by atoms with Crippen molar-refractivity contribution in [2.75, 3.05) is 0 Å². The molecule has 6 heteroatoms. The first-order valence-electron chi connectivity index (χ1n) is 4.27. The fourth-order valence-electron chi connectivity index (χ4n) is 1.39. The molecule has 0 atom stereocenters. The van der Waals surface area contributed by atoms with Crippen molar-refractivity contribution in [2.45, 2.75) is 19.8 Å². The molecule has 0 aliphatic heterocycles. The van der Waals surface area contributed by atoms with Crippen LogP contribution in [0.4, 0.5) is 0 Å². The van der Waals surface area contributed by atoms with E-state index in [0.717, 1.165) is 5.69 Å². The second-order valence-electron chi connectivity index (χ2n) is 3.09. The number of nitrogens with zero attached hydrogens (tertiary/aromatic N) is 3. The Morgan fingerprint density at radius 3 is 3.21 bits per heavy atom. The maximum atomic E-state index is 10.4. The van der Waals surface area contributed by atoms with Crippen LogP contribution >= 0.6 is 0 Å². The Morgan fingerprint density at radius 2 is 2.50 bits per heavy atom. The van der Waals surface area contributed by atoms with Gasteiger partial charge in [-0.25, -0.2) is 10.1 Å². The van der Waals surface area contributed by atoms with Crippen molar-refractivity contribution in [1.29, 1.82) is 0 Å². The van der Waals surface area contributed by atoms with Gasteiger partial charge in [0.05, 0.1) is 12.6 Å². The molecule has 2 heterocycles. The lowest BCUT2D eigenvalue weighted by Gasteiger charge is -1.95. The topological polar surface area (TPSA) is 83.3 Å². The van der Waals surface area contributed by atoms with Gasteiger partial charge in [0.1, 0.15) is 5.82 Å². The summed E-state index contributed by atoms with van der Waals surface area (Å²) in [6.45, 7) is 1.90. The largest absolute Gasteiger partial charge is 0.481 e. The first-order valence-corrected chi connectivity index (χ1v) is 4.27. The number of H-pyrrole nitrogens is 1. The van der Waals surface area contributed by atoms with Crippen LogP contribution in [0.5, 0.6) is 0 Å². The van der Waals surface area contributed by atoms with E-state index in [9.17, 15) is 4.79 Å². The molecule has 0 saturated heterocycles. The molecule has 6 nitrogen and oxygen atoms in total. The van der Waals surface area contributed by atoms with Crippen LogP contribution in [-0.4, -0.2) is 30.7 Å². The molecule has 74 valence electrons. The number of hydrogen-bond acceptors (Lipinski definition) is 3. The van der Waals surface area contributed by atoms with Gasteiger partial charge < -0.3 is 5.11 Å². The third-order valence-electron chi connectivity index (χ3n) is 2.04. The van der Waals surface area contributed by atoms with Gasteiger partial charge in [-0.15, -0.1) is 0 Å². The van der Waals surface area contributed by atoms with Gasteiger partial charge in [-0.2, -0.15) is 5.10 Å². The van der Waals surface area contributed by atoms with Crippen molar-refractivity contribution in [3.8, 4) is 0 Å². The van der Waals surface area contributed by atoms with E-state index < -0.39 is 5.97 Å². The normalized spacial score (nSPS) is 10.9. The molecule has 0 amide bonds. The smallest absolute Gasteiger partial charge is 0.303 e. The third kappa shape index (κ3) is 1.34. The Hall–Kier alpha value is -1.85. The van der Waals surface area contributed by atoms with Crippen molar-refractivity contribution in [2.24, 2.45) is 0 Å². The average molecular weight is 194 g/mol. The Bertz CT molecular complexity index is 471. The zero-order valence-electron chi connectivity index (χ0n) is 7.69. The monoisotopic (exact) mass is 194 g/mol. The van der Waals surface area contributed by atoms with E-state index in [0.29, 0.717) is 18.0 Å². The van der Waals surface area contributed by atoms with E-state index in [1.165, 1.54) is 0 Å². The number of carboxylic acid groups (broad SMARTS) is 1. The lowest BCUT2D eigenvalue weighted by molar-refractivity contribution is -0.137. The quantitative estimate of drug-likeness (QED) is 0.740. The Morgan fingerprint density at radius 1 is 1.71 bits per heavy atom. The number of aryl methyl sites for hydroxylation is 2. The van der Waals surface area contributed by atoms with Crippen LogP contribution in [0.3, 0.4) is 0 Å². The Labute approximate surface area is 79.6 Å². The number of aromatic nitrogens is 4. The summed E-state index contributed by atoms with van der Waals surface area (Å²) in [7, 11) is 0. The number of hydrogen-bond donors (Lipinski definition) is 2. The van der Waals surface area contributed by atoms with E-state index in [2.05, 4.69) is 15.2 Å². The van der Waals surface area contributed by atoms with Crippen LogP contribution in [0, 0.1) is 6.92 Å².